The lowest BCUT2D eigenvalue weighted by Gasteiger charge is -2.00. The summed E-state index contributed by atoms with van der Waals surface area (Å²) in [7, 11) is -3.25. The lowest BCUT2D eigenvalue weighted by Crippen LogP contribution is -1.96. The zero-order valence-corrected chi connectivity index (χ0v) is 7.47. The molecule has 0 aliphatic heterocycles. The molecule has 2 N–H and O–H groups in total. The van der Waals surface area contributed by atoms with Crippen molar-refractivity contribution in [3.63, 3.8) is 0 Å². The maximum absolute atomic E-state index is 10.0. The number of hydrogen-bond acceptors (Lipinski definition) is 2. The van der Waals surface area contributed by atoms with Crippen LogP contribution in [-0.2, 0) is 8.99 Å². The molecule has 0 unspecified atom stereocenters. The molecule has 0 spiro atoms. The van der Waals surface area contributed by atoms with Crippen LogP contribution in [0, 0.1) is 0 Å². The third-order valence-electron chi connectivity index (χ3n) is 0.587. The van der Waals surface area contributed by atoms with E-state index in [2.05, 4.69) is 4.43 Å². The third-order valence-corrected chi connectivity index (χ3v) is 1.76. The van der Waals surface area contributed by atoms with Crippen molar-refractivity contribution < 1.29 is 18.8 Å². The van der Waals surface area contributed by atoms with Gasteiger partial charge in [-0.3, -0.25) is 4.57 Å². The molecule has 6 heteroatoms. The van der Waals surface area contributed by atoms with Crippen molar-refractivity contribution in [1.82, 2.24) is 0 Å². The molecule has 0 heterocycles. The Morgan fingerprint density at radius 3 is 2.25 bits per heavy atom. The zero-order valence-electron chi connectivity index (χ0n) is 4.57. The summed E-state index contributed by atoms with van der Waals surface area (Å²) in [5.41, 5.74) is 0. The fourth-order valence-corrected chi connectivity index (χ4v) is 1.18. The number of rotatable bonds is 3. The highest BCUT2D eigenvalue weighted by molar-refractivity contribution is 7.51. The molecule has 0 aliphatic rings. The van der Waals surface area contributed by atoms with Gasteiger partial charge in [0.05, 0.1) is 6.16 Å². The van der Waals surface area contributed by atoms with E-state index in [1.54, 1.807) is 0 Å². The molecule has 0 radical (unpaired) electrons. The highest BCUT2D eigenvalue weighted by atomic mass is 31.2. The molecular weight excluding hydrogens is 147 g/mol. The van der Waals surface area contributed by atoms with Crippen molar-refractivity contribution in [3.8, 4) is 0 Å². The van der Waals surface area contributed by atoms with Crippen LogP contribution in [-0.4, -0.2) is 33.0 Å². The summed E-state index contributed by atoms with van der Waals surface area (Å²) in [6.07, 6.45) is -0.156. The van der Waals surface area contributed by atoms with Crippen LogP contribution in [0.25, 0.3) is 0 Å². The van der Waals surface area contributed by atoms with Gasteiger partial charge < -0.3 is 14.2 Å². The summed E-state index contributed by atoms with van der Waals surface area (Å²) >= 11 is 0. The smallest absolute Gasteiger partial charge is 0.327 e. The summed E-state index contributed by atoms with van der Waals surface area (Å²) in [6.45, 7) is 0.177. The average Bonchev–Trinajstić information content (AvgIpc) is 1.59. The monoisotopic (exact) mass is 156 g/mol. The van der Waals surface area contributed by atoms with E-state index in [0.29, 0.717) is 10.5 Å². The third kappa shape index (κ3) is 6.33. The molecular formula is C2H9O4PSi. The van der Waals surface area contributed by atoms with Gasteiger partial charge in [0.15, 0.2) is 0 Å². The Bertz CT molecular complexity index is 98.2. The first kappa shape index (κ1) is 8.33. The van der Waals surface area contributed by atoms with Crippen LogP contribution in [0.1, 0.15) is 0 Å². The van der Waals surface area contributed by atoms with Gasteiger partial charge in [0.2, 0.25) is 0 Å². The van der Waals surface area contributed by atoms with Crippen molar-refractivity contribution in [2.45, 2.75) is 0 Å². The molecule has 0 amide bonds. The van der Waals surface area contributed by atoms with E-state index < -0.39 is 7.60 Å². The number of hydrogen-bond donors (Lipinski definition) is 2. The minimum atomic E-state index is -3.79. The van der Waals surface area contributed by atoms with Gasteiger partial charge in [-0.1, -0.05) is 0 Å². The fourth-order valence-electron chi connectivity index (χ4n) is 0.210. The summed E-state index contributed by atoms with van der Waals surface area (Å²) in [6, 6.07) is 0. The van der Waals surface area contributed by atoms with Gasteiger partial charge in [0, 0.05) is 6.61 Å². The van der Waals surface area contributed by atoms with Crippen molar-refractivity contribution in [1.29, 1.82) is 0 Å². The van der Waals surface area contributed by atoms with E-state index >= 15 is 0 Å². The molecule has 0 aromatic heterocycles. The Balaban J connectivity index is 3.26. The van der Waals surface area contributed by atoms with E-state index in [1.807, 2.05) is 0 Å². The lowest BCUT2D eigenvalue weighted by molar-refractivity contribution is 0.334. The maximum Gasteiger partial charge on any atom is 0.327 e. The Kier molecular flexibility index (Phi) is 3.51. The molecule has 8 heavy (non-hydrogen) atoms. The average molecular weight is 156 g/mol. The quantitative estimate of drug-likeness (QED) is 0.384. The van der Waals surface area contributed by atoms with Crippen molar-refractivity contribution >= 4 is 18.1 Å². The second kappa shape index (κ2) is 3.37. The molecule has 50 valence electrons. The SMILES string of the molecule is O=P(O)(O)CCO[SiH3]. The normalized spacial score (nSPS) is 12.2. The largest absolute Gasteiger partial charge is 0.427 e. The summed E-state index contributed by atoms with van der Waals surface area (Å²) < 4.78 is 14.6. The molecule has 0 aliphatic carbocycles. The van der Waals surface area contributed by atoms with E-state index in [9.17, 15) is 4.57 Å². The molecule has 0 saturated carbocycles. The first-order chi connectivity index (χ1) is 3.56. The highest BCUT2D eigenvalue weighted by Crippen LogP contribution is 2.33. The Morgan fingerprint density at radius 2 is 2.12 bits per heavy atom. The van der Waals surface area contributed by atoms with E-state index in [4.69, 9.17) is 9.79 Å². The summed E-state index contributed by atoms with van der Waals surface area (Å²) in [5, 5.41) is 0. The van der Waals surface area contributed by atoms with Crippen LogP contribution in [0.4, 0.5) is 0 Å². The summed E-state index contributed by atoms with van der Waals surface area (Å²) in [4.78, 5) is 16.4. The minimum absolute atomic E-state index is 0.156. The first-order valence-electron chi connectivity index (χ1n) is 2.10. The molecule has 0 fully saturated rings. The standard InChI is InChI=1S/C2H9O4PSi/c3-7(4,5)2-1-6-8/h1-2H2,8H3,(H2,3,4,5). The summed E-state index contributed by atoms with van der Waals surface area (Å²) in [5.74, 6) is 0. The van der Waals surface area contributed by atoms with E-state index in [-0.39, 0.29) is 12.8 Å². The van der Waals surface area contributed by atoms with Gasteiger partial charge in [-0.2, -0.15) is 0 Å². The predicted octanol–water partition coefficient (Wildman–Crippen LogP) is -1.54. The highest BCUT2D eigenvalue weighted by Gasteiger charge is 2.10. The van der Waals surface area contributed by atoms with Gasteiger partial charge in [-0.25, -0.2) is 0 Å². The first-order valence-corrected chi connectivity index (χ1v) is 4.71. The van der Waals surface area contributed by atoms with Gasteiger partial charge in [-0.15, -0.1) is 0 Å². The fraction of sp³-hybridized carbons (Fsp3) is 1.00. The van der Waals surface area contributed by atoms with E-state index in [1.165, 1.54) is 0 Å². The molecule has 0 bridgehead atoms. The van der Waals surface area contributed by atoms with Crippen LogP contribution < -0.4 is 0 Å². The molecule has 0 saturated heterocycles. The van der Waals surface area contributed by atoms with Crippen LogP contribution in [0.3, 0.4) is 0 Å². The Labute approximate surface area is 50.6 Å². The van der Waals surface area contributed by atoms with E-state index in [0.717, 1.165) is 0 Å². The molecule has 0 rings (SSSR count). The molecule has 0 aromatic carbocycles. The predicted molar refractivity (Wildman–Crippen MR) is 32.8 cm³/mol. The van der Waals surface area contributed by atoms with Gasteiger partial charge >= 0.3 is 7.60 Å². The lowest BCUT2D eigenvalue weighted by atomic mass is 10.9. The maximum atomic E-state index is 10.0. The minimum Gasteiger partial charge on any atom is -0.427 e. The van der Waals surface area contributed by atoms with Crippen LogP contribution in [0.5, 0.6) is 0 Å². The topological polar surface area (TPSA) is 66.8 Å². The molecule has 4 nitrogen and oxygen atoms in total. The van der Waals surface area contributed by atoms with Crippen molar-refractivity contribution in [3.05, 3.63) is 0 Å². The van der Waals surface area contributed by atoms with Crippen molar-refractivity contribution in [2.24, 2.45) is 0 Å². The van der Waals surface area contributed by atoms with Crippen molar-refractivity contribution in [2.75, 3.05) is 12.8 Å². The van der Waals surface area contributed by atoms with Crippen LogP contribution >= 0.6 is 7.60 Å². The van der Waals surface area contributed by atoms with Gasteiger partial charge in [-0.05, 0) is 0 Å². The molecule has 0 aromatic rings. The van der Waals surface area contributed by atoms with Crippen LogP contribution in [0.2, 0.25) is 0 Å². The second-order valence-electron chi connectivity index (χ2n) is 1.38. The van der Waals surface area contributed by atoms with Crippen LogP contribution in [0.15, 0.2) is 0 Å². The zero-order chi connectivity index (χ0) is 6.62. The Hall–Kier alpha value is 0.327. The second-order valence-corrected chi connectivity index (χ2v) is 3.74. The molecule has 0 atom stereocenters. The van der Waals surface area contributed by atoms with Gasteiger partial charge in [0.1, 0.15) is 10.5 Å². The van der Waals surface area contributed by atoms with Gasteiger partial charge in [0.25, 0.3) is 0 Å². The Morgan fingerprint density at radius 1 is 1.62 bits per heavy atom.